The molecule has 0 bridgehead atoms. The van der Waals surface area contributed by atoms with Crippen molar-refractivity contribution in [3.05, 3.63) is 64.4 Å². The van der Waals surface area contributed by atoms with E-state index in [1.165, 1.54) is 17.0 Å². The lowest BCUT2D eigenvalue weighted by molar-refractivity contribution is -0.117. The summed E-state index contributed by atoms with van der Waals surface area (Å²) in [6.45, 7) is 0.338. The standard InChI is InChI=1S/C17H14BrFN2O2/c18-12-6-4-11(5-7-12)17(23)20-14-9-16(22)21(10-14)15-3-1-2-13(19)8-15/h1-8,14H,9-10H2,(H,20,23). The summed E-state index contributed by atoms with van der Waals surface area (Å²) in [7, 11) is 0. The van der Waals surface area contributed by atoms with Crippen molar-refractivity contribution >= 4 is 33.4 Å². The Morgan fingerprint density at radius 2 is 1.96 bits per heavy atom. The first-order chi connectivity index (χ1) is 11.0. The molecule has 2 aromatic carbocycles. The van der Waals surface area contributed by atoms with Crippen LogP contribution >= 0.6 is 15.9 Å². The fourth-order valence-corrected chi connectivity index (χ4v) is 2.83. The highest BCUT2D eigenvalue weighted by Crippen LogP contribution is 2.22. The number of nitrogens with zero attached hydrogens (tertiary/aromatic N) is 1. The Kier molecular flexibility index (Phi) is 4.43. The van der Waals surface area contributed by atoms with Crippen molar-refractivity contribution < 1.29 is 14.0 Å². The monoisotopic (exact) mass is 376 g/mol. The van der Waals surface area contributed by atoms with Crippen LogP contribution in [0.4, 0.5) is 10.1 Å². The molecule has 4 nitrogen and oxygen atoms in total. The molecule has 3 rings (SSSR count). The molecular weight excluding hydrogens is 363 g/mol. The third kappa shape index (κ3) is 3.59. The van der Waals surface area contributed by atoms with Gasteiger partial charge in [0.15, 0.2) is 0 Å². The van der Waals surface area contributed by atoms with Gasteiger partial charge in [-0.3, -0.25) is 9.59 Å². The summed E-state index contributed by atoms with van der Waals surface area (Å²) >= 11 is 3.32. The Morgan fingerprint density at radius 1 is 1.22 bits per heavy atom. The molecule has 6 heteroatoms. The minimum atomic E-state index is -0.391. The summed E-state index contributed by atoms with van der Waals surface area (Å²) in [4.78, 5) is 25.8. The van der Waals surface area contributed by atoms with Crippen LogP contribution in [0.25, 0.3) is 0 Å². The number of hydrogen-bond donors (Lipinski definition) is 1. The number of anilines is 1. The highest BCUT2D eigenvalue weighted by molar-refractivity contribution is 9.10. The van der Waals surface area contributed by atoms with E-state index >= 15 is 0 Å². The maximum absolute atomic E-state index is 13.3. The number of nitrogens with one attached hydrogen (secondary N) is 1. The normalized spacial score (nSPS) is 17.4. The third-order valence-corrected chi connectivity index (χ3v) is 4.22. The van der Waals surface area contributed by atoms with Crippen LogP contribution < -0.4 is 10.2 Å². The van der Waals surface area contributed by atoms with E-state index in [9.17, 15) is 14.0 Å². The minimum absolute atomic E-state index is 0.128. The molecule has 1 fully saturated rings. The molecule has 2 aromatic rings. The fraction of sp³-hybridized carbons (Fsp3) is 0.176. The number of benzene rings is 2. The van der Waals surface area contributed by atoms with Gasteiger partial charge in [-0.25, -0.2) is 4.39 Å². The largest absolute Gasteiger partial charge is 0.347 e. The first-order valence-electron chi connectivity index (χ1n) is 7.15. The van der Waals surface area contributed by atoms with E-state index in [-0.39, 0.29) is 24.3 Å². The van der Waals surface area contributed by atoms with Crippen LogP contribution in [-0.4, -0.2) is 24.4 Å². The zero-order valence-electron chi connectivity index (χ0n) is 12.1. The summed E-state index contributed by atoms with van der Waals surface area (Å²) < 4.78 is 14.2. The number of rotatable bonds is 3. The van der Waals surface area contributed by atoms with Gasteiger partial charge in [-0.2, -0.15) is 0 Å². The Balaban J connectivity index is 1.68. The number of carbonyl (C=O) groups is 2. The molecule has 1 aliphatic heterocycles. The van der Waals surface area contributed by atoms with Gasteiger partial charge in [-0.05, 0) is 42.5 Å². The van der Waals surface area contributed by atoms with Crippen molar-refractivity contribution in [1.29, 1.82) is 0 Å². The molecular formula is C17H14BrFN2O2. The van der Waals surface area contributed by atoms with Crippen LogP contribution in [0.1, 0.15) is 16.8 Å². The van der Waals surface area contributed by atoms with Gasteiger partial charge in [-0.15, -0.1) is 0 Å². The third-order valence-electron chi connectivity index (χ3n) is 3.69. The molecule has 1 unspecified atom stereocenters. The van der Waals surface area contributed by atoms with Crippen molar-refractivity contribution in [1.82, 2.24) is 5.32 Å². The van der Waals surface area contributed by atoms with Gasteiger partial charge in [0.05, 0.1) is 6.04 Å². The van der Waals surface area contributed by atoms with E-state index in [1.54, 1.807) is 36.4 Å². The lowest BCUT2D eigenvalue weighted by atomic mass is 10.2. The van der Waals surface area contributed by atoms with Crippen LogP contribution in [0.15, 0.2) is 53.0 Å². The van der Waals surface area contributed by atoms with Gasteiger partial charge >= 0.3 is 0 Å². The van der Waals surface area contributed by atoms with Gasteiger partial charge in [0.25, 0.3) is 5.91 Å². The van der Waals surface area contributed by atoms with Gasteiger partial charge in [0.2, 0.25) is 5.91 Å². The van der Waals surface area contributed by atoms with E-state index in [1.807, 2.05) is 0 Å². The van der Waals surface area contributed by atoms with Crippen LogP contribution in [0.2, 0.25) is 0 Å². The fourth-order valence-electron chi connectivity index (χ4n) is 2.57. The van der Waals surface area contributed by atoms with E-state index in [4.69, 9.17) is 0 Å². The molecule has 1 N–H and O–H groups in total. The molecule has 1 heterocycles. The molecule has 1 aliphatic rings. The molecule has 2 amide bonds. The Morgan fingerprint density at radius 3 is 2.65 bits per heavy atom. The second-order valence-electron chi connectivity index (χ2n) is 5.37. The second kappa shape index (κ2) is 6.50. The van der Waals surface area contributed by atoms with Crippen LogP contribution in [0, 0.1) is 5.82 Å². The van der Waals surface area contributed by atoms with E-state index in [0.717, 1.165) is 4.47 Å². The predicted molar refractivity (Wildman–Crippen MR) is 88.8 cm³/mol. The van der Waals surface area contributed by atoms with Crippen molar-refractivity contribution in [2.45, 2.75) is 12.5 Å². The van der Waals surface area contributed by atoms with E-state index < -0.39 is 5.82 Å². The van der Waals surface area contributed by atoms with Crippen LogP contribution in [-0.2, 0) is 4.79 Å². The SMILES string of the molecule is O=C(NC1CC(=O)N(c2cccc(F)c2)C1)c1ccc(Br)cc1. The number of carbonyl (C=O) groups excluding carboxylic acids is 2. The van der Waals surface area contributed by atoms with Crippen molar-refractivity contribution in [2.75, 3.05) is 11.4 Å². The number of amides is 2. The molecule has 23 heavy (non-hydrogen) atoms. The van der Waals surface area contributed by atoms with Crippen molar-refractivity contribution in [2.24, 2.45) is 0 Å². The number of hydrogen-bond acceptors (Lipinski definition) is 2. The molecule has 0 saturated carbocycles. The molecule has 0 spiro atoms. The van der Waals surface area contributed by atoms with Gasteiger partial charge in [-0.1, -0.05) is 22.0 Å². The average molecular weight is 377 g/mol. The molecule has 1 atom stereocenters. The lowest BCUT2D eigenvalue weighted by Gasteiger charge is -2.17. The minimum Gasteiger partial charge on any atom is -0.347 e. The van der Waals surface area contributed by atoms with Crippen LogP contribution in [0.5, 0.6) is 0 Å². The van der Waals surface area contributed by atoms with Gasteiger partial charge < -0.3 is 10.2 Å². The zero-order valence-corrected chi connectivity index (χ0v) is 13.7. The molecule has 0 radical (unpaired) electrons. The second-order valence-corrected chi connectivity index (χ2v) is 6.28. The lowest BCUT2D eigenvalue weighted by Crippen LogP contribution is -2.37. The first kappa shape index (κ1) is 15.7. The van der Waals surface area contributed by atoms with Gasteiger partial charge in [0.1, 0.15) is 5.82 Å². The van der Waals surface area contributed by atoms with Crippen LogP contribution in [0.3, 0.4) is 0 Å². The Hall–Kier alpha value is -2.21. The molecule has 0 aromatic heterocycles. The maximum atomic E-state index is 13.3. The molecule has 0 aliphatic carbocycles. The maximum Gasteiger partial charge on any atom is 0.251 e. The molecule has 118 valence electrons. The van der Waals surface area contributed by atoms with E-state index in [2.05, 4.69) is 21.2 Å². The Bertz CT molecular complexity index is 749. The summed E-state index contributed by atoms with van der Waals surface area (Å²) in [5, 5.41) is 2.85. The highest BCUT2D eigenvalue weighted by Gasteiger charge is 2.31. The van der Waals surface area contributed by atoms with Gasteiger partial charge in [0, 0.05) is 28.7 Å². The van der Waals surface area contributed by atoms with Crippen molar-refractivity contribution in [3.8, 4) is 0 Å². The highest BCUT2D eigenvalue weighted by atomic mass is 79.9. The average Bonchev–Trinajstić information content (AvgIpc) is 2.88. The zero-order chi connectivity index (χ0) is 16.4. The molecule has 1 saturated heterocycles. The smallest absolute Gasteiger partial charge is 0.251 e. The summed E-state index contributed by atoms with van der Waals surface area (Å²) in [6.07, 6.45) is 0.207. The summed E-state index contributed by atoms with van der Waals surface area (Å²) in [5.41, 5.74) is 1.04. The van der Waals surface area contributed by atoms with E-state index in [0.29, 0.717) is 17.8 Å². The van der Waals surface area contributed by atoms with Crippen molar-refractivity contribution in [3.63, 3.8) is 0 Å². The summed E-state index contributed by atoms with van der Waals surface area (Å²) in [6, 6.07) is 12.6. The topological polar surface area (TPSA) is 49.4 Å². The first-order valence-corrected chi connectivity index (χ1v) is 7.94. The quantitative estimate of drug-likeness (QED) is 0.894. The predicted octanol–water partition coefficient (Wildman–Crippen LogP) is 3.12. The Labute approximate surface area is 141 Å². The number of halogens is 2. The summed E-state index contributed by atoms with van der Waals surface area (Å²) in [5.74, 6) is -0.745.